The van der Waals surface area contributed by atoms with Gasteiger partial charge < -0.3 is 5.11 Å². The van der Waals surface area contributed by atoms with E-state index in [1.165, 1.54) is 11.3 Å². The van der Waals surface area contributed by atoms with Gasteiger partial charge in [0.1, 0.15) is 11.3 Å². The van der Waals surface area contributed by atoms with E-state index in [1.54, 1.807) is 31.5 Å². The molecule has 88 valence electrons. The summed E-state index contributed by atoms with van der Waals surface area (Å²) < 4.78 is 0. The Labute approximate surface area is 102 Å². The van der Waals surface area contributed by atoms with Crippen molar-refractivity contribution in [3.8, 4) is 5.75 Å². The summed E-state index contributed by atoms with van der Waals surface area (Å²) in [5, 5.41) is 20.1. The average Bonchev–Trinajstić information content (AvgIpc) is 2.77. The number of aromatic nitrogens is 2. The van der Waals surface area contributed by atoms with Crippen molar-refractivity contribution in [3.63, 3.8) is 0 Å². The fraction of sp³-hybridized carbons (Fsp3) is 0.182. The van der Waals surface area contributed by atoms with Crippen LogP contribution in [0.15, 0.2) is 17.6 Å². The molecule has 5 nitrogen and oxygen atoms in total. The Bertz CT molecular complexity index is 529. The van der Waals surface area contributed by atoms with E-state index in [-0.39, 0.29) is 11.7 Å². The fourth-order valence-corrected chi connectivity index (χ4v) is 1.92. The summed E-state index contributed by atoms with van der Waals surface area (Å²) in [6.45, 7) is 3.51. The minimum atomic E-state index is -0.257. The molecule has 0 unspecified atom stereocenters. The van der Waals surface area contributed by atoms with E-state index in [2.05, 4.69) is 15.5 Å². The molecule has 1 heterocycles. The second-order valence-corrected chi connectivity index (χ2v) is 4.49. The lowest BCUT2D eigenvalue weighted by molar-refractivity contribution is 0.102. The minimum absolute atomic E-state index is 0.220. The second kappa shape index (κ2) is 4.50. The molecule has 0 fully saturated rings. The van der Waals surface area contributed by atoms with Gasteiger partial charge in [-0.2, -0.15) is 0 Å². The first kappa shape index (κ1) is 11.5. The largest absolute Gasteiger partial charge is 0.507 e. The molecule has 0 atom stereocenters. The molecular weight excluding hydrogens is 238 g/mol. The van der Waals surface area contributed by atoms with Crippen molar-refractivity contribution in [1.29, 1.82) is 0 Å². The van der Waals surface area contributed by atoms with Crippen LogP contribution in [0.25, 0.3) is 0 Å². The van der Waals surface area contributed by atoms with Crippen LogP contribution in [0.2, 0.25) is 0 Å². The van der Waals surface area contributed by atoms with Crippen molar-refractivity contribution >= 4 is 22.4 Å². The summed E-state index contributed by atoms with van der Waals surface area (Å²) >= 11 is 1.25. The number of phenols is 1. The first-order valence-corrected chi connectivity index (χ1v) is 5.83. The summed E-state index contributed by atoms with van der Waals surface area (Å²) in [6.07, 6.45) is 0. The van der Waals surface area contributed by atoms with Gasteiger partial charge in [0, 0.05) is 5.56 Å². The van der Waals surface area contributed by atoms with Gasteiger partial charge in [0.15, 0.2) is 0 Å². The predicted molar refractivity (Wildman–Crippen MR) is 65.4 cm³/mol. The quantitative estimate of drug-likeness (QED) is 0.854. The minimum Gasteiger partial charge on any atom is -0.507 e. The molecule has 0 spiro atoms. The predicted octanol–water partition coefficient (Wildman–Crippen LogP) is 2.11. The Morgan fingerprint density at radius 3 is 2.53 bits per heavy atom. The highest BCUT2D eigenvalue weighted by molar-refractivity contribution is 7.13. The average molecular weight is 249 g/mol. The van der Waals surface area contributed by atoms with Gasteiger partial charge in [-0.15, -0.1) is 10.2 Å². The molecule has 0 aliphatic heterocycles. The van der Waals surface area contributed by atoms with Gasteiger partial charge in [0.2, 0.25) is 5.13 Å². The van der Waals surface area contributed by atoms with Crippen LogP contribution in [0.1, 0.15) is 21.5 Å². The fourth-order valence-electron chi connectivity index (χ4n) is 1.48. The van der Waals surface area contributed by atoms with Crippen LogP contribution >= 0.6 is 11.3 Å². The van der Waals surface area contributed by atoms with Crippen molar-refractivity contribution < 1.29 is 9.90 Å². The zero-order chi connectivity index (χ0) is 12.4. The molecular formula is C11H11N3O2S. The monoisotopic (exact) mass is 249 g/mol. The van der Waals surface area contributed by atoms with Crippen LogP contribution in [0.5, 0.6) is 5.75 Å². The van der Waals surface area contributed by atoms with Crippen molar-refractivity contribution in [3.05, 3.63) is 34.3 Å². The van der Waals surface area contributed by atoms with Crippen molar-refractivity contribution in [2.75, 3.05) is 5.32 Å². The summed E-state index contributed by atoms with van der Waals surface area (Å²) in [5.74, 6) is -0.0367. The summed E-state index contributed by atoms with van der Waals surface area (Å²) in [4.78, 5) is 11.9. The molecule has 6 heteroatoms. The number of nitrogens with zero attached hydrogens (tertiary/aromatic N) is 2. The zero-order valence-corrected chi connectivity index (χ0v) is 10.2. The first-order chi connectivity index (χ1) is 8.08. The van der Waals surface area contributed by atoms with Gasteiger partial charge in [0.05, 0.1) is 0 Å². The standard InChI is InChI=1S/C11H11N3O2S/c1-6-3-8(4-7(2)9(6)15)10(16)13-11-14-12-5-17-11/h3-5,15H,1-2H3,(H,13,14,16). The lowest BCUT2D eigenvalue weighted by Gasteiger charge is -2.07. The Morgan fingerprint density at radius 2 is 2.00 bits per heavy atom. The molecule has 0 aliphatic rings. The Balaban J connectivity index is 2.26. The van der Waals surface area contributed by atoms with Crippen molar-refractivity contribution in [1.82, 2.24) is 10.2 Å². The molecule has 17 heavy (non-hydrogen) atoms. The highest BCUT2D eigenvalue weighted by Gasteiger charge is 2.11. The Morgan fingerprint density at radius 1 is 1.35 bits per heavy atom. The molecule has 1 aromatic carbocycles. The van der Waals surface area contributed by atoms with E-state index < -0.39 is 0 Å². The van der Waals surface area contributed by atoms with Crippen LogP contribution in [0.3, 0.4) is 0 Å². The van der Waals surface area contributed by atoms with Crippen LogP contribution in [-0.2, 0) is 0 Å². The van der Waals surface area contributed by atoms with E-state index in [0.717, 1.165) is 0 Å². The highest BCUT2D eigenvalue weighted by atomic mass is 32.1. The number of aryl methyl sites for hydroxylation is 2. The van der Waals surface area contributed by atoms with Gasteiger partial charge in [0.25, 0.3) is 5.91 Å². The number of carbonyl (C=O) groups is 1. The molecule has 2 rings (SSSR count). The van der Waals surface area contributed by atoms with E-state index in [9.17, 15) is 9.90 Å². The van der Waals surface area contributed by atoms with Crippen LogP contribution in [-0.4, -0.2) is 21.2 Å². The lowest BCUT2D eigenvalue weighted by atomic mass is 10.1. The third-order valence-corrected chi connectivity index (χ3v) is 2.94. The number of hydrogen-bond acceptors (Lipinski definition) is 5. The summed E-state index contributed by atoms with van der Waals surface area (Å²) in [6, 6.07) is 3.28. The molecule has 2 aromatic rings. The third-order valence-electron chi connectivity index (χ3n) is 2.33. The van der Waals surface area contributed by atoms with Gasteiger partial charge in [-0.1, -0.05) is 11.3 Å². The number of hydrogen-bond donors (Lipinski definition) is 2. The number of anilines is 1. The maximum absolute atomic E-state index is 11.9. The smallest absolute Gasteiger partial charge is 0.257 e. The van der Waals surface area contributed by atoms with Gasteiger partial charge >= 0.3 is 0 Å². The Kier molecular flexibility index (Phi) is 3.06. The first-order valence-electron chi connectivity index (χ1n) is 4.95. The number of rotatable bonds is 2. The van der Waals surface area contributed by atoms with E-state index in [1.807, 2.05) is 0 Å². The molecule has 0 aliphatic carbocycles. The van der Waals surface area contributed by atoms with Crippen molar-refractivity contribution in [2.24, 2.45) is 0 Å². The SMILES string of the molecule is Cc1cc(C(=O)Nc2nncs2)cc(C)c1O. The summed E-state index contributed by atoms with van der Waals surface area (Å²) in [5.41, 5.74) is 3.39. The third kappa shape index (κ3) is 2.42. The molecule has 2 N–H and O–H groups in total. The van der Waals surface area contributed by atoms with Gasteiger partial charge in [-0.3, -0.25) is 10.1 Å². The van der Waals surface area contributed by atoms with E-state index >= 15 is 0 Å². The zero-order valence-electron chi connectivity index (χ0n) is 9.39. The van der Waals surface area contributed by atoms with Crippen LogP contribution in [0, 0.1) is 13.8 Å². The molecule has 1 amide bonds. The number of carbonyl (C=O) groups excluding carboxylic acids is 1. The molecule has 0 radical (unpaired) electrons. The normalized spacial score (nSPS) is 10.2. The molecule has 1 aromatic heterocycles. The summed E-state index contributed by atoms with van der Waals surface area (Å²) in [7, 11) is 0. The van der Waals surface area contributed by atoms with Crippen molar-refractivity contribution in [2.45, 2.75) is 13.8 Å². The van der Waals surface area contributed by atoms with Crippen LogP contribution in [0.4, 0.5) is 5.13 Å². The molecule has 0 bridgehead atoms. The highest BCUT2D eigenvalue weighted by Crippen LogP contribution is 2.23. The second-order valence-electron chi connectivity index (χ2n) is 3.66. The molecule has 0 saturated carbocycles. The number of benzene rings is 1. The number of amides is 1. The number of nitrogens with one attached hydrogen (secondary N) is 1. The van der Waals surface area contributed by atoms with Gasteiger partial charge in [-0.05, 0) is 37.1 Å². The van der Waals surface area contributed by atoms with E-state index in [4.69, 9.17) is 0 Å². The Hall–Kier alpha value is -1.95. The number of phenolic OH excluding ortho intramolecular Hbond substituents is 1. The lowest BCUT2D eigenvalue weighted by Crippen LogP contribution is -2.12. The topological polar surface area (TPSA) is 75.1 Å². The number of aromatic hydroxyl groups is 1. The van der Waals surface area contributed by atoms with Crippen LogP contribution < -0.4 is 5.32 Å². The molecule has 0 saturated heterocycles. The maximum atomic E-state index is 11.9. The van der Waals surface area contributed by atoms with E-state index in [0.29, 0.717) is 21.8 Å². The van der Waals surface area contributed by atoms with Gasteiger partial charge in [-0.25, -0.2) is 0 Å². The maximum Gasteiger partial charge on any atom is 0.257 e.